The second kappa shape index (κ2) is 10.3. The number of halogens is 2. The Kier molecular flexibility index (Phi) is 6.80. The minimum absolute atomic E-state index is 0.172. The van der Waals surface area contributed by atoms with Gasteiger partial charge in [-0.3, -0.25) is 4.79 Å². The number of carbonyl (C=O) groups excluding carboxylic acids is 1. The largest absolute Gasteiger partial charge is 0.488 e. The molecule has 4 nitrogen and oxygen atoms in total. The summed E-state index contributed by atoms with van der Waals surface area (Å²) in [7, 11) is 0. The number of rotatable bonds is 6. The minimum atomic E-state index is -0.172. The molecule has 35 heavy (non-hydrogen) atoms. The maximum absolute atomic E-state index is 13.4. The van der Waals surface area contributed by atoms with Gasteiger partial charge in [0.05, 0.1) is 15.7 Å². The molecule has 4 aromatic rings. The van der Waals surface area contributed by atoms with Gasteiger partial charge in [0.25, 0.3) is 5.91 Å². The van der Waals surface area contributed by atoms with Crippen molar-refractivity contribution in [3.05, 3.63) is 135 Å². The molecule has 0 saturated heterocycles. The van der Waals surface area contributed by atoms with E-state index in [1.165, 1.54) is 5.01 Å². The van der Waals surface area contributed by atoms with Crippen molar-refractivity contribution >= 4 is 50.9 Å². The lowest BCUT2D eigenvalue weighted by atomic mass is 10.0. The van der Waals surface area contributed by atoms with E-state index in [0.29, 0.717) is 28.7 Å². The number of hydrogen-bond donors (Lipinski definition) is 0. The molecule has 0 bridgehead atoms. The second-order valence-corrected chi connectivity index (χ2v) is 9.22. The van der Waals surface area contributed by atoms with Crippen molar-refractivity contribution in [1.29, 1.82) is 0 Å². The number of benzene rings is 4. The molecule has 0 unspecified atom stereocenters. The first kappa shape index (κ1) is 23.1. The van der Waals surface area contributed by atoms with E-state index in [-0.39, 0.29) is 5.91 Å². The Morgan fingerprint density at radius 2 is 1.57 bits per heavy atom. The van der Waals surface area contributed by atoms with Gasteiger partial charge in [-0.05, 0) is 69.5 Å². The van der Waals surface area contributed by atoms with Crippen molar-refractivity contribution in [3.63, 3.8) is 0 Å². The fourth-order valence-electron chi connectivity index (χ4n) is 3.73. The molecule has 1 heterocycles. The predicted octanol–water partition coefficient (Wildman–Crippen LogP) is 7.52. The van der Waals surface area contributed by atoms with Crippen molar-refractivity contribution in [1.82, 2.24) is 0 Å². The van der Waals surface area contributed by atoms with E-state index in [9.17, 15) is 4.79 Å². The average Bonchev–Trinajstić information content (AvgIpc) is 3.21. The van der Waals surface area contributed by atoms with Crippen LogP contribution in [-0.2, 0) is 11.4 Å². The summed E-state index contributed by atoms with van der Waals surface area (Å²) in [6, 6.07) is 32.5. The Hall–Kier alpha value is -3.67. The highest BCUT2D eigenvalue weighted by molar-refractivity contribution is 9.10. The molecule has 172 valence electrons. The first-order chi connectivity index (χ1) is 17.1. The number of carbonyl (C=O) groups is 1. The van der Waals surface area contributed by atoms with Gasteiger partial charge < -0.3 is 4.74 Å². The summed E-state index contributed by atoms with van der Waals surface area (Å²) in [6.07, 6.45) is 1.87. The summed E-state index contributed by atoms with van der Waals surface area (Å²) < 4.78 is 6.76. The molecule has 0 atom stereocenters. The smallest absolute Gasteiger partial charge is 0.281 e. The Balaban J connectivity index is 1.43. The maximum atomic E-state index is 13.4. The molecule has 0 aliphatic carbocycles. The minimum Gasteiger partial charge on any atom is -0.488 e. The van der Waals surface area contributed by atoms with Crippen molar-refractivity contribution in [2.24, 2.45) is 5.10 Å². The molecular formula is C29H20BrClN2O2. The van der Waals surface area contributed by atoms with E-state index in [0.717, 1.165) is 26.9 Å². The lowest BCUT2D eigenvalue weighted by molar-refractivity contribution is -0.114. The molecule has 1 aliphatic heterocycles. The molecular weight excluding hydrogens is 524 g/mol. The van der Waals surface area contributed by atoms with Gasteiger partial charge >= 0.3 is 0 Å². The zero-order valence-corrected chi connectivity index (χ0v) is 20.9. The molecule has 0 saturated carbocycles. The van der Waals surface area contributed by atoms with Crippen LogP contribution in [0.15, 0.2) is 118 Å². The van der Waals surface area contributed by atoms with Crippen molar-refractivity contribution in [2.75, 3.05) is 5.01 Å². The van der Waals surface area contributed by atoms with Crippen LogP contribution in [0.1, 0.15) is 16.7 Å². The van der Waals surface area contributed by atoms with E-state index in [4.69, 9.17) is 16.3 Å². The Morgan fingerprint density at radius 1 is 0.886 bits per heavy atom. The van der Waals surface area contributed by atoms with E-state index >= 15 is 0 Å². The topological polar surface area (TPSA) is 41.9 Å². The second-order valence-electron chi connectivity index (χ2n) is 7.93. The van der Waals surface area contributed by atoms with E-state index in [1.54, 1.807) is 0 Å². The van der Waals surface area contributed by atoms with Gasteiger partial charge in [-0.15, -0.1) is 0 Å². The normalized spacial score (nSPS) is 14.3. The summed E-state index contributed by atoms with van der Waals surface area (Å²) in [5.74, 6) is 0.539. The third-order valence-electron chi connectivity index (χ3n) is 5.50. The van der Waals surface area contributed by atoms with Crippen LogP contribution in [-0.4, -0.2) is 11.6 Å². The van der Waals surface area contributed by atoms with Gasteiger partial charge in [0.15, 0.2) is 0 Å². The summed E-state index contributed by atoms with van der Waals surface area (Å²) in [5, 5.41) is 6.83. The number of ether oxygens (including phenoxy) is 1. The standard InChI is InChI=1S/C29H20BrClN2O2/c30-26-18-21(13-16-27(26)35-19-20-11-14-23(31)15-12-20)17-25-28(22-7-3-1-4-8-22)32-33(29(25)34)24-9-5-2-6-10-24/h1-18H,19H2/b25-17-. The molecule has 0 aromatic heterocycles. The van der Waals surface area contributed by atoms with Gasteiger partial charge in [0.2, 0.25) is 0 Å². The van der Waals surface area contributed by atoms with Gasteiger partial charge in [-0.1, -0.05) is 78.3 Å². The zero-order valence-electron chi connectivity index (χ0n) is 18.6. The first-order valence-corrected chi connectivity index (χ1v) is 12.2. The van der Waals surface area contributed by atoms with Crippen molar-refractivity contribution < 1.29 is 9.53 Å². The fraction of sp³-hybridized carbons (Fsp3) is 0.0345. The third kappa shape index (κ3) is 5.21. The van der Waals surface area contributed by atoms with E-state index in [1.807, 2.05) is 109 Å². The summed E-state index contributed by atoms with van der Waals surface area (Å²) in [5.41, 5.74) is 4.65. The summed E-state index contributed by atoms with van der Waals surface area (Å²) in [4.78, 5) is 13.4. The van der Waals surface area contributed by atoms with Crippen LogP contribution in [0.2, 0.25) is 5.02 Å². The van der Waals surface area contributed by atoms with Crippen molar-refractivity contribution in [3.8, 4) is 5.75 Å². The van der Waals surface area contributed by atoms with Gasteiger partial charge in [0, 0.05) is 10.6 Å². The molecule has 0 fully saturated rings. The summed E-state index contributed by atoms with van der Waals surface area (Å²) >= 11 is 9.56. The highest BCUT2D eigenvalue weighted by Gasteiger charge is 2.31. The molecule has 6 heteroatoms. The fourth-order valence-corrected chi connectivity index (χ4v) is 4.37. The van der Waals surface area contributed by atoms with Crippen LogP contribution >= 0.6 is 27.5 Å². The number of anilines is 1. The zero-order chi connectivity index (χ0) is 24.2. The van der Waals surface area contributed by atoms with Crippen LogP contribution < -0.4 is 9.75 Å². The van der Waals surface area contributed by atoms with E-state index < -0.39 is 0 Å². The van der Waals surface area contributed by atoms with Gasteiger partial charge in [-0.25, -0.2) is 0 Å². The molecule has 1 amide bonds. The number of hydrogen-bond acceptors (Lipinski definition) is 3. The molecule has 0 radical (unpaired) electrons. The molecule has 0 N–H and O–H groups in total. The lowest BCUT2D eigenvalue weighted by Gasteiger charge is -2.11. The van der Waals surface area contributed by atoms with Crippen LogP contribution in [0.25, 0.3) is 6.08 Å². The van der Waals surface area contributed by atoms with Crippen LogP contribution in [0.5, 0.6) is 5.75 Å². The molecule has 4 aromatic carbocycles. The van der Waals surface area contributed by atoms with Crippen molar-refractivity contribution in [2.45, 2.75) is 6.61 Å². The SMILES string of the molecule is O=C1/C(=C\c2ccc(OCc3ccc(Cl)cc3)c(Br)c2)C(c2ccccc2)=NN1c1ccccc1. The molecule has 0 spiro atoms. The number of para-hydroxylation sites is 1. The quantitative estimate of drug-likeness (QED) is 0.236. The number of hydrazone groups is 1. The predicted molar refractivity (Wildman–Crippen MR) is 145 cm³/mol. The van der Waals surface area contributed by atoms with Gasteiger partial charge in [-0.2, -0.15) is 10.1 Å². The molecule has 1 aliphatic rings. The Bertz CT molecular complexity index is 1420. The highest BCUT2D eigenvalue weighted by atomic mass is 79.9. The maximum Gasteiger partial charge on any atom is 0.281 e. The van der Waals surface area contributed by atoms with E-state index in [2.05, 4.69) is 21.0 Å². The molecule has 5 rings (SSSR count). The monoisotopic (exact) mass is 542 g/mol. The highest BCUT2D eigenvalue weighted by Crippen LogP contribution is 2.31. The van der Waals surface area contributed by atoms with Crippen LogP contribution in [0.4, 0.5) is 5.69 Å². The van der Waals surface area contributed by atoms with Crippen LogP contribution in [0.3, 0.4) is 0 Å². The summed E-state index contributed by atoms with van der Waals surface area (Å²) in [6.45, 7) is 0.422. The lowest BCUT2D eigenvalue weighted by Crippen LogP contribution is -2.21. The van der Waals surface area contributed by atoms with Gasteiger partial charge in [0.1, 0.15) is 18.1 Å². The average molecular weight is 544 g/mol. The Morgan fingerprint density at radius 3 is 2.26 bits per heavy atom. The number of nitrogens with zero attached hydrogens (tertiary/aromatic N) is 2. The third-order valence-corrected chi connectivity index (χ3v) is 6.37. The Labute approximate surface area is 217 Å². The first-order valence-electron chi connectivity index (χ1n) is 11.0. The van der Waals surface area contributed by atoms with Crippen LogP contribution in [0, 0.1) is 0 Å². The number of amides is 1.